The van der Waals surface area contributed by atoms with Gasteiger partial charge in [-0.05, 0) is 0 Å². The quantitative estimate of drug-likeness (QED) is 0.671. The SMILES string of the molecule is O=[C](O)[RaH]. The molecule has 0 aliphatic rings. The van der Waals surface area contributed by atoms with E-state index in [0.29, 0.717) is 0 Å². The molecule has 0 aliphatic carbocycles. The van der Waals surface area contributed by atoms with Crippen LogP contribution in [-0.2, 0) is 0 Å². The second-order valence-electron chi connectivity index (χ2n) is 0.519. The Hall–Kier alpha value is 0.938. The molecule has 0 aromatic rings. The summed E-state index contributed by atoms with van der Waals surface area (Å²) in [4.78, 5) is 9.10. The first-order valence-corrected chi connectivity index (χ1v) is 5.04. The molecule has 0 spiro atoms. The second kappa shape index (κ2) is 2.19. The summed E-state index contributed by atoms with van der Waals surface area (Å²) in [6.07, 6.45) is 0. The van der Waals surface area contributed by atoms with Gasteiger partial charge >= 0.3 is 53.7 Å². The maximum absolute atomic E-state index is 9.10. The fraction of sp³-hybridized carbons (Fsp3) is 0. The van der Waals surface area contributed by atoms with Crippen molar-refractivity contribution in [2.24, 2.45) is 0 Å². The van der Waals surface area contributed by atoms with E-state index in [-0.39, 0.29) is 42.8 Å². The standard InChI is InChI=1S/CHO2.Ra.H/c2-1-3;;/h(H,2,3);;. The van der Waals surface area contributed by atoms with Crippen molar-refractivity contribution in [2.75, 3.05) is 0 Å². The first-order chi connectivity index (χ1) is 1.73. The Kier molecular flexibility index (Phi) is 2.71. The van der Waals surface area contributed by atoms with E-state index in [2.05, 4.69) is 0 Å². The Morgan fingerprint density at radius 1 is 2.00 bits per heavy atom. The molecule has 0 bridgehead atoms. The van der Waals surface area contributed by atoms with E-state index in [1.807, 2.05) is 0 Å². The molecule has 0 aliphatic heterocycles. The van der Waals surface area contributed by atoms with Crippen LogP contribution in [0.3, 0.4) is 0 Å². The van der Waals surface area contributed by atoms with Crippen molar-refractivity contribution < 1.29 is 52.7 Å². The summed E-state index contributed by atoms with van der Waals surface area (Å²) in [7, 11) is 0. The minimum absolute atomic E-state index is 0.269. The van der Waals surface area contributed by atoms with Crippen molar-refractivity contribution in [1.82, 2.24) is 0 Å². The van der Waals surface area contributed by atoms with Crippen LogP contribution in [0.4, 0.5) is 4.79 Å². The summed E-state index contributed by atoms with van der Waals surface area (Å²) in [6.45, 7) is 0. The Morgan fingerprint density at radius 2 is 2.00 bits per heavy atom. The van der Waals surface area contributed by atoms with Gasteiger partial charge in [0.1, 0.15) is 0 Å². The summed E-state index contributed by atoms with van der Waals surface area (Å²) < 4.78 is -0.604. The Morgan fingerprint density at radius 3 is 2.00 bits per heavy atom. The van der Waals surface area contributed by atoms with Gasteiger partial charge in [0.05, 0.1) is 0 Å². The van der Waals surface area contributed by atoms with Gasteiger partial charge < -0.3 is 0 Å². The van der Waals surface area contributed by atoms with E-state index in [9.17, 15) is 0 Å². The minimum atomic E-state index is -0.604. The van der Waals surface area contributed by atoms with E-state index in [1.54, 1.807) is 0 Å². The van der Waals surface area contributed by atoms with Crippen molar-refractivity contribution in [3.05, 3.63) is 0 Å². The summed E-state index contributed by atoms with van der Waals surface area (Å²) in [5.74, 6) is 0. The normalized spacial score (nSPS) is 5.75. The van der Waals surface area contributed by atoms with Crippen LogP contribution in [0.15, 0.2) is 0 Å². The van der Waals surface area contributed by atoms with E-state index >= 15 is 0 Å². The van der Waals surface area contributed by atoms with Crippen molar-refractivity contribution in [2.45, 2.75) is 0 Å². The average Bonchev–Trinajstić information content (AvgIpc) is 0.811. The zero-order valence-corrected chi connectivity index (χ0v) is 10.6. The van der Waals surface area contributed by atoms with Gasteiger partial charge in [0, 0.05) is 0 Å². The van der Waals surface area contributed by atoms with E-state index in [1.165, 1.54) is 0 Å². The molecule has 20 valence electrons. The molecular formula is CH2O2Ra. The van der Waals surface area contributed by atoms with Gasteiger partial charge in [0.15, 0.2) is 0 Å². The Labute approximate surface area is 53.0 Å². The molecule has 0 aromatic heterocycles. The van der Waals surface area contributed by atoms with Gasteiger partial charge in [0.2, 0.25) is 0 Å². The molecule has 0 saturated heterocycles. The van der Waals surface area contributed by atoms with Crippen LogP contribution in [-0.4, -0.2) is 6.12 Å². The molecule has 0 heterocycles. The van der Waals surface area contributed by atoms with Crippen LogP contribution in [0, 0.1) is 42.8 Å². The second-order valence-corrected chi connectivity index (χ2v) is 4.03. The molecule has 0 atom stereocenters. The van der Waals surface area contributed by atoms with Crippen molar-refractivity contribution >= 4 is 1.01 Å². The maximum atomic E-state index is 9.10. The molecule has 0 aromatic carbocycles. The molecule has 0 fully saturated rings. The third-order valence-corrected chi connectivity index (χ3v) is 0. The van der Waals surface area contributed by atoms with E-state index in [0.717, 1.165) is 0 Å². The molecule has 2 nitrogen and oxygen atoms in total. The van der Waals surface area contributed by atoms with E-state index in [4.69, 9.17) is 9.90 Å². The van der Waals surface area contributed by atoms with Gasteiger partial charge in [-0.2, -0.15) is 0 Å². The summed E-state index contributed by atoms with van der Waals surface area (Å²) in [5.41, 5.74) is 0. The average molecular weight is 272 g/mol. The Bertz CT molecular complexity index is 29.0. The third kappa shape index (κ3) is 12.5. The molecule has 0 saturated carbocycles. The van der Waals surface area contributed by atoms with Crippen LogP contribution in [0.1, 0.15) is 0 Å². The van der Waals surface area contributed by atoms with Crippen LogP contribution < -0.4 is 0 Å². The summed E-state index contributed by atoms with van der Waals surface area (Å²) in [5, 5.41) is 7.52. The predicted octanol–water partition coefficient (Wildman–Crippen LogP) is -0.0540. The van der Waals surface area contributed by atoms with Crippen molar-refractivity contribution in [1.29, 1.82) is 0 Å². The summed E-state index contributed by atoms with van der Waals surface area (Å²) >= 11 is -0.269. The van der Waals surface area contributed by atoms with Crippen LogP contribution in [0.2, 0.25) is 0 Å². The first-order valence-electron chi connectivity index (χ1n) is 0.928. The fourth-order valence-corrected chi connectivity index (χ4v) is 0. The molecule has 0 unspecified atom stereocenters. The summed E-state index contributed by atoms with van der Waals surface area (Å²) in [6, 6.07) is 0. The van der Waals surface area contributed by atoms with Gasteiger partial charge in [0.25, 0.3) is 0 Å². The van der Waals surface area contributed by atoms with Crippen LogP contribution in [0.25, 0.3) is 0 Å². The molecular weight excluding hydrogens is 270 g/mol. The van der Waals surface area contributed by atoms with Crippen molar-refractivity contribution in [3.63, 3.8) is 0 Å². The third-order valence-electron chi connectivity index (χ3n) is 0. The first kappa shape index (κ1) is 4.94. The van der Waals surface area contributed by atoms with Gasteiger partial charge in [-0.25, -0.2) is 0 Å². The number of rotatable bonds is 0. The monoisotopic (exact) mass is 272 g/mol. The number of hydrogen-bond donors (Lipinski definition) is 1. The predicted molar refractivity (Wildman–Crippen MR) is 9.42 cm³/mol. The van der Waals surface area contributed by atoms with Gasteiger partial charge in [-0.1, -0.05) is 0 Å². The molecule has 0 radical (unpaired) electrons. The van der Waals surface area contributed by atoms with Gasteiger partial charge in [-0.3, -0.25) is 0 Å². The molecule has 0 rings (SSSR count). The number of carboxylic acid groups (broad SMARTS) is 1. The zero-order valence-electron chi connectivity index (χ0n) is 2.36. The van der Waals surface area contributed by atoms with Crippen molar-refractivity contribution in [3.8, 4) is 0 Å². The Balaban J connectivity index is 2.80. The van der Waals surface area contributed by atoms with Gasteiger partial charge in [-0.15, -0.1) is 0 Å². The molecule has 3 heteroatoms. The van der Waals surface area contributed by atoms with Crippen LogP contribution >= 0.6 is 0 Å². The van der Waals surface area contributed by atoms with Crippen LogP contribution in [0.5, 0.6) is 0 Å². The number of hydrogen-bond acceptors (Lipinski definition) is 1. The number of carbonyl (C=O) groups is 1. The molecule has 0 amide bonds. The molecule has 1 N–H and O–H groups in total. The zero-order chi connectivity index (χ0) is 3.58. The molecule has 4 heavy (non-hydrogen) atoms. The fourth-order valence-electron chi connectivity index (χ4n) is 0. The van der Waals surface area contributed by atoms with E-state index < -0.39 is 1.01 Å². The topological polar surface area (TPSA) is 37.3 Å².